The normalized spacial score (nSPS) is 15.6. The summed E-state index contributed by atoms with van der Waals surface area (Å²) in [7, 11) is 0. The second-order valence-electron chi connectivity index (χ2n) is 9.62. The highest BCUT2D eigenvalue weighted by molar-refractivity contribution is 6.02. The van der Waals surface area contributed by atoms with Gasteiger partial charge in [-0.2, -0.15) is 5.10 Å². The average Bonchev–Trinajstić information content (AvgIpc) is 3.55. The summed E-state index contributed by atoms with van der Waals surface area (Å²) in [5.41, 5.74) is 1.10. The zero-order chi connectivity index (χ0) is 28.1. The van der Waals surface area contributed by atoms with Crippen molar-refractivity contribution in [1.82, 2.24) is 19.7 Å². The molecule has 40 heavy (non-hydrogen) atoms. The number of halogens is 5. The molecule has 0 saturated carbocycles. The van der Waals surface area contributed by atoms with Crippen LogP contribution in [0.2, 0.25) is 0 Å². The highest BCUT2D eigenvalue weighted by atomic mass is 19.2. The van der Waals surface area contributed by atoms with E-state index in [0.29, 0.717) is 29.7 Å². The molecule has 12 heteroatoms. The van der Waals surface area contributed by atoms with Crippen molar-refractivity contribution in [2.45, 2.75) is 25.3 Å². The van der Waals surface area contributed by atoms with Crippen LogP contribution in [0.25, 0.3) is 16.9 Å². The van der Waals surface area contributed by atoms with E-state index in [0.717, 1.165) is 22.9 Å². The van der Waals surface area contributed by atoms with Crippen LogP contribution in [0.5, 0.6) is 0 Å². The Morgan fingerprint density at radius 2 is 1.52 bits per heavy atom. The van der Waals surface area contributed by atoms with Crippen molar-refractivity contribution in [1.29, 1.82) is 0 Å². The van der Waals surface area contributed by atoms with Crippen molar-refractivity contribution in [2.24, 2.45) is 0 Å². The molecule has 1 saturated heterocycles. The minimum Gasteiger partial charge on any atom is -0.337 e. The maximum absolute atomic E-state index is 14.6. The first-order chi connectivity index (χ1) is 19.2. The van der Waals surface area contributed by atoms with Crippen molar-refractivity contribution >= 4 is 17.5 Å². The maximum atomic E-state index is 14.6. The van der Waals surface area contributed by atoms with Gasteiger partial charge >= 0.3 is 0 Å². The van der Waals surface area contributed by atoms with E-state index < -0.39 is 41.0 Å². The van der Waals surface area contributed by atoms with Gasteiger partial charge in [0.1, 0.15) is 0 Å². The van der Waals surface area contributed by atoms with Gasteiger partial charge in [0, 0.05) is 49.2 Å². The molecule has 2 aromatic heterocycles. The largest absolute Gasteiger partial charge is 0.337 e. The van der Waals surface area contributed by atoms with E-state index in [4.69, 9.17) is 0 Å². The Balaban J connectivity index is 1.27. The number of anilines is 1. The van der Waals surface area contributed by atoms with Crippen LogP contribution in [0.4, 0.5) is 27.6 Å². The van der Waals surface area contributed by atoms with E-state index >= 15 is 0 Å². The summed E-state index contributed by atoms with van der Waals surface area (Å²) in [5, 5.41) is 4.30. The van der Waals surface area contributed by atoms with E-state index in [1.54, 1.807) is 12.1 Å². The number of amides is 2. The average molecular weight is 553 g/mol. The van der Waals surface area contributed by atoms with Gasteiger partial charge in [0.15, 0.2) is 34.8 Å². The van der Waals surface area contributed by atoms with Gasteiger partial charge in [-0.25, -0.2) is 26.6 Å². The summed E-state index contributed by atoms with van der Waals surface area (Å²) in [4.78, 5) is 32.9. The zero-order valence-electron chi connectivity index (χ0n) is 20.8. The predicted molar refractivity (Wildman–Crippen MR) is 133 cm³/mol. The highest BCUT2D eigenvalue weighted by Crippen LogP contribution is 2.37. The Morgan fingerprint density at radius 3 is 2.20 bits per heavy atom. The van der Waals surface area contributed by atoms with Gasteiger partial charge < -0.3 is 9.80 Å². The second kappa shape index (κ2) is 9.85. The molecule has 4 aromatic rings. The number of benzene rings is 2. The van der Waals surface area contributed by atoms with Crippen LogP contribution in [0.1, 0.15) is 28.9 Å². The van der Waals surface area contributed by atoms with Gasteiger partial charge in [-0.05, 0) is 42.7 Å². The number of pyridine rings is 1. The molecule has 0 radical (unpaired) electrons. The molecule has 2 amide bonds. The molecule has 0 atom stereocenters. The molecular formula is C28H20F5N5O2. The number of fused-ring (bicyclic) bond motifs is 1. The van der Waals surface area contributed by atoms with E-state index in [1.807, 2.05) is 0 Å². The molecule has 0 N–H and O–H groups in total. The lowest BCUT2D eigenvalue weighted by Gasteiger charge is -2.36. The summed E-state index contributed by atoms with van der Waals surface area (Å²) >= 11 is 0. The Kier molecular flexibility index (Phi) is 6.32. The van der Waals surface area contributed by atoms with Gasteiger partial charge in [-0.1, -0.05) is 6.07 Å². The van der Waals surface area contributed by atoms with E-state index in [2.05, 4.69) is 10.1 Å². The maximum Gasteiger partial charge on any atom is 0.274 e. The fraction of sp³-hybridized carbons (Fsp3) is 0.214. The lowest BCUT2D eigenvalue weighted by molar-refractivity contribution is -0.118. The van der Waals surface area contributed by atoms with Gasteiger partial charge in [-0.3, -0.25) is 14.6 Å². The van der Waals surface area contributed by atoms with Crippen LogP contribution in [0.15, 0.2) is 54.9 Å². The van der Waals surface area contributed by atoms with Gasteiger partial charge in [-0.15, -0.1) is 0 Å². The SMILES string of the molecule is O=C(c1cc(-c2ccncc2)n(-c2cc(F)c(F)c(F)c2)n1)N1CCC(N2C(=O)Cc3ccc(F)c(F)c32)CC1. The van der Waals surface area contributed by atoms with Crippen LogP contribution in [-0.4, -0.2) is 50.6 Å². The number of likely N-dealkylation sites (tertiary alicyclic amines) is 1. The number of carbonyl (C=O) groups excluding carboxylic acids is 2. The molecule has 0 unspecified atom stereocenters. The number of rotatable bonds is 4. The van der Waals surface area contributed by atoms with Crippen LogP contribution in [-0.2, 0) is 11.2 Å². The summed E-state index contributed by atoms with van der Waals surface area (Å²) in [6, 6.07) is 8.24. The van der Waals surface area contributed by atoms with Crippen molar-refractivity contribution in [3.8, 4) is 16.9 Å². The molecule has 0 spiro atoms. The van der Waals surface area contributed by atoms with Crippen molar-refractivity contribution in [3.63, 3.8) is 0 Å². The van der Waals surface area contributed by atoms with Crippen molar-refractivity contribution in [3.05, 3.63) is 95.2 Å². The highest BCUT2D eigenvalue weighted by Gasteiger charge is 2.38. The quantitative estimate of drug-likeness (QED) is 0.268. The van der Waals surface area contributed by atoms with Gasteiger partial charge in [0.05, 0.1) is 23.5 Å². The lowest BCUT2D eigenvalue weighted by atomic mass is 10.0. The molecular weight excluding hydrogens is 533 g/mol. The number of hydrogen-bond donors (Lipinski definition) is 0. The number of nitrogens with zero attached hydrogens (tertiary/aromatic N) is 5. The summed E-state index contributed by atoms with van der Waals surface area (Å²) in [6.07, 6.45) is 3.61. The fourth-order valence-corrected chi connectivity index (χ4v) is 5.31. The predicted octanol–water partition coefficient (Wildman–Crippen LogP) is 4.82. The first kappa shape index (κ1) is 25.7. The van der Waals surface area contributed by atoms with Crippen molar-refractivity contribution in [2.75, 3.05) is 18.0 Å². The Labute approximate surface area is 224 Å². The minimum absolute atomic E-state index is 0.0221. The molecule has 7 nitrogen and oxygen atoms in total. The molecule has 0 bridgehead atoms. The molecule has 2 aliphatic heterocycles. The number of aromatic nitrogens is 3. The zero-order valence-corrected chi connectivity index (χ0v) is 20.8. The smallest absolute Gasteiger partial charge is 0.274 e. The van der Waals surface area contributed by atoms with E-state index in [9.17, 15) is 31.5 Å². The number of piperidine rings is 1. The number of carbonyl (C=O) groups is 2. The van der Waals surface area contributed by atoms with E-state index in [-0.39, 0.29) is 42.5 Å². The molecule has 4 heterocycles. The van der Waals surface area contributed by atoms with E-state index in [1.165, 1.54) is 34.3 Å². The third-order valence-corrected chi connectivity index (χ3v) is 7.24. The van der Waals surface area contributed by atoms with Gasteiger partial charge in [0.2, 0.25) is 5.91 Å². The molecule has 2 aliphatic rings. The number of hydrogen-bond acceptors (Lipinski definition) is 4. The Morgan fingerprint density at radius 1 is 0.850 bits per heavy atom. The first-order valence-electron chi connectivity index (χ1n) is 12.5. The third-order valence-electron chi connectivity index (χ3n) is 7.24. The monoisotopic (exact) mass is 553 g/mol. The molecule has 6 rings (SSSR count). The third kappa shape index (κ3) is 4.29. The molecule has 204 valence electrons. The summed E-state index contributed by atoms with van der Waals surface area (Å²) in [6.45, 7) is 0.410. The first-order valence-corrected chi connectivity index (χ1v) is 12.5. The molecule has 2 aromatic carbocycles. The van der Waals surface area contributed by atoms with Crippen molar-refractivity contribution < 1.29 is 31.5 Å². The van der Waals surface area contributed by atoms with Crippen LogP contribution < -0.4 is 4.90 Å². The Hall–Kier alpha value is -4.61. The topological polar surface area (TPSA) is 71.3 Å². The standard InChI is InChI=1S/C28H20F5N5O2/c29-19-2-1-16-11-24(39)37(27(16)26(19)33)17-5-9-36(10-6-17)28(40)22-14-23(15-3-7-34-8-4-15)38(35-22)18-12-20(30)25(32)21(31)13-18/h1-4,7-8,12-14,17H,5-6,9-11H2. The Bertz CT molecular complexity index is 1630. The van der Waals surface area contributed by atoms with Crippen LogP contribution >= 0.6 is 0 Å². The minimum atomic E-state index is -1.62. The van der Waals surface area contributed by atoms with Crippen LogP contribution in [0, 0.1) is 29.1 Å². The van der Waals surface area contributed by atoms with Gasteiger partial charge in [0.25, 0.3) is 5.91 Å². The second-order valence-corrected chi connectivity index (χ2v) is 9.62. The summed E-state index contributed by atoms with van der Waals surface area (Å²) < 4.78 is 71.3. The lowest BCUT2D eigenvalue weighted by Crippen LogP contribution is -2.48. The molecule has 0 aliphatic carbocycles. The summed E-state index contributed by atoms with van der Waals surface area (Å²) in [5.74, 6) is -7.34. The fourth-order valence-electron chi connectivity index (χ4n) is 5.31. The molecule has 1 fully saturated rings. The van der Waals surface area contributed by atoms with Crippen LogP contribution in [0.3, 0.4) is 0 Å².